The molecular weight excluding hydrogens is 222 g/mol. The van der Waals surface area contributed by atoms with Crippen LogP contribution in [0, 0.1) is 0 Å². The third-order valence-corrected chi connectivity index (χ3v) is 2.78. The smallest absolute Gasteiger partial charge is 0.304 e. The van der Waals surface area contributed by atoms with E-state index in [1.54, 1.807) is 11.7 Å². The first-order valence-corrected chi connectivity index (χ1v) is 5.52. The lowest BCUT2D eigenvalue weighted by Gasteiger charge is -2.25. The fourth-order valence-electron chi connectivity index (χ4n) is 1.91. The van der Waals surface area contributed by atoms with E-state index >= 15 is 0 Å². The molecule has 0 fully saturated rings. The van der Waals surface area contributed by atoms with Crippen molar-refractivity contribution in [3.63, 3.8) is 0 Å². The number of hydrogen-bond acceptors (Lipinski definition) is 5. The van der Waals surface area contributed by atoms with Crippen LogP contribution in [-0.2, 0) is 11.8 Å². The molecule has 1 aromatic heterocycles. The Balaban J connectivity index is 1.99. The van der Waals surface area contributed by atoms with Crippen LogP contribution in [0.25, 0.3) is 5.57 Å². The van der Waals surface area contributed by atoms with Gasteiger partial charge in [0.15, 0.2) is 5.82 Å². The van der Waals surface area contributed by atoms with Crippen LogP contribution in [0.15, 0.2) is 6.08 Å². The molecule has 1 N–H and O–H groups in total. The fourth-order valence-corrected chi connectivity index (χ4v) is 1.91. The number of tetrazole rings is 1. The van der Waals surface area contributed by atoms with Crippen molar-refractivity contribution in [2.45, 2.75) is 12.8 Å². The highest BCUT2D eigenvalue weighted by Crippen LogP contribution is 2.17. The molecule has 7 heteroatoms. The Morgan fingerprint density at radius 3 is 3.06 bits per heavy atom. The molecule has 0 saturated carbocycles. The molecule has 2 rings (SSSR count). The van der Waals surface area contributed by atoms with Crippen LogP contribution in [0.1, 0.15) is 18.7 Å². The molecule has 0 spiro atoms. The Bertz CT molecular complexity index is 440. The monoisotopic (exact) mass is 237 g/mol. The number of aryl methyl sites for hydroxylation is 1. The molecule has 0 bridgehead atoms. The van der Waals surface area contributed by atoms with Crippen molar-refractivity contribution in [2.24, 2.45) is 7.05 Å². The minimum Gasteiger partial charge on any atom is -0.481 e. The summed E-state index contributed by atoms with van der Waals surface area (Å²) in [5, 5.41) is 20.0. The topological polar surface area (TPSA) is 84.1 Å². The Labute approximate surface area is 98.7 Å². The lowest BCUT2D eigenvalue weighted by Crippen LogP contribution is -2.32. The van der Waals surface area contributed by atoms with Crippen molar-refractivity contribution in [3.8, 4) is 0 Å². The Morgan fingerprint density at radius 1 is 1.59 bits per heavy atom. The van der Waals surface area contributed by atoms with Crippen LogP contribution >= 0.6 is 0 Å². The largest absolute Gasteiger partial charge is 0.481 e. The van der Waals surface area contributed by atoms with Gasteiger partial charge in [0.1, 0.15) is 0 Å². The van der Waals surface area contributed by atoms with Gasteiger partial charge >= 0.3 is 5.97 Å². The molecule has 7 nitrogen and oxygen atoms in total. The van der Waals surface area contributed by atoms with Gasteiger partial charge in [0, 0.05) is 32.3 Å². The predicted octanol–water partition coefficient (Wildman–Crippen LogP) is -0.226. The summed E-state index contributed by atoms with van der Waals surface area (Å²) < 4.78 is 1.63. The summed E-state index contributed by atoms with van der Waals surface area (Å²) in [5.74, 6) is -0.00791. The molecule has 1 aliphatic rings. The Hall–Kier alpha value is -1.76. The van der Waals surface area contributed by atoms with E-state index < -0.39 is 5.97 Å². The highest BCUT2D eigenvalue weighted by atomic mass is 16.4. The van der Waals surface area contributed by atoms with E-state index in [4.69, 9.17) is 5.11 Å². The van der Waals surface area contributed by atoms with Crippen molar-refractivity contribution < 1.29 is 9.90 Å². The van der Waals surface area contributed by atoms with Crippen molar-refractivity contribution in [1.82, 2.24) is 25.1 Å². The zero-order chi connectivity index (χ0) is 12.3. The SMILES string of the molecule is Cn1nnnc1C1=CCCN(CCC(=O)O)C1. The average molecular weight is 237 g/mol. The van der Waals surface area contributed by atoms with E-state index in [9.17, 15) is 4.79 Å². The minimum atomic E-state index is -0.763. The summed E-state index contributed by atoms with van der Waals surface area (Å²) in [6.07, 6.45) is 3.19. The van der Waals surface area contributed by atoms with E-state index in [-0.39, 0.29) is 6.42 Å². The number of hydrogen-bond donors (Lipinski definition) is 1. The van der Waals surface area contributed by atoms with E-state index in [0.29, 0.717) is 13.1 Å². The number of carboxylic acids is 1. The van der Waals surface area contributed by atoms with Crippen LogP contribution in [0.4, 0.5) is 0 Å². The minimum absolute atomic E-state index is 0.171. The zero-order valence-electron chi connectivity index (χ0n) is 9.70. The third kappa shape index (κ3) is 2.88. The zero-order valence-corrected chi connectivity index (χ0v) is 9.70. The average Bonchev–Trinajstić information content (AvgIpc) is 2.73. The Kier molecular flexibility index (Phi) is 3.48. The molecule has 0 saturated heterocycles. The van der Waals surface area contributed by atoms with Crippen LogP contribution in [0.3, 0.4) is 0 Å². The molecule has 0 unspecified atom stereocenters. The maximum Gasteiger partial charge on any atom is 0.304 e. The number of aromatic nitrogens is 4. The van der Waals surface area contributed by atoms with Gasteiger partial charge in [-0.1, -0.05) is 6.08 Å². The van der Waals surface area contributed by atoms with Crippen molar-refractivity contribution in [2.75, 3.05) is 19.6 Å². The van der Waals surface area contributed by atoms with Gasteiger partial charge < -0.3 is 5.11 Å². The highest BCUT2D eigenvalue weighted by Gasteiger charge is 2.17. The molecule has 92 valence electrons. The number of rotatable bonds is 4. The first kappa shape index (κ1) is 11.7. The highest BCUT2D eigenvalue weighted by molar-refractivity contribution is 5.67. The first-order valence-electron chi connectivity index (χ1n) is 5.52. The van der Waals surface area contributed by atoms with Gasteiger partial charge in [-0.25, -0.2) is 4.68 Å². The second-order valence-corrected chi connectivity index (χ2v) is 4.06. The van der Waals surface area contributed by atoms with E-state index in [1.807, 2.05) is 0 Å². The first-order chi connectivity index (χ1) is 8.16. The Morgan fingerprint density at radius 2 is 2.41 bits per heavy atom. The van der Waals surface area contributed by atoms with Gasteiger partial charge in [0.05, 0.1) is 6.42 Å². The second kappa shape index (κ2) is 5.05. The number of nitrogens with zero attached hydrogens (tertiary/aromatic N) is 5. The van der Waals surface area contributed by atoms with Crippen LogP contribution in [0.5, 0.6) is 0 Å². The molecule has 0 radical (unpaired) electrons. The van der Waals surface area contributed by atoms with E-state index in [0.717, 1.165) is 24.4 Å². The molecule has 17 heavy (non-hydrogen) atoms. The predicted molar refractivity (Wildman–Crippen MR) is 60.1 cm³/mol. The van der Waals surface area contributed by atoms with Gasteiger partial charge in [-0.15, -0.1) is 5.10 Å². The number of aliphatic carboxylic acids is 1. The molecule has 0 aliphatic carbocycles. The molecule has 0 amide bonds. The van der Waals surface area contributed by atoms with Gasteiger partial charge in [-0.3, -0.25) is 9.69 Å². The molecule has 2 heterocycles. The van der Waals surface area contributed by atoms with Crippen molar-refractivity contribution in [1.29, 1.82) is 0 Å². The van der Waals surface area contributed by atoms with Gasteiger partial charge in [-0.05, 0) is 16.8 Å². The molecule has 1 aliphatic heterocycles. The lowest BCUT2D eigenvalue weighted by molar-refractivity contribution is -0.137. The second-order valence-electron chi connectivity index (χ2n) is 4.06. The van der Waals surface area contributed by atoms with Crippen LogP contribution in [-0.4, -0.2) is 55.8 Å². The maximum absolute atomic E-state index is 10.5. The summed E-state index contributed by atoms with van der Waals surface area (Å²) in [4.78, 5) is 12.6. The van der Waals surface area contributed by atoms with Crippen molar-refractivity contribution in [3.05, 3.63) is 11.9 Å². The maximum atomic E-state index is 10.5. The van der Waals surface area contributed by atoms with E-state index in [1.165, 1.54) is 0 Å². The summed E-state index contributed by atoms with van der Waals surface area (Å²) >= 11 is 0. The van der Waals surface area contributed by atoms with Gasteiger partial charge in [0.25, 0.3) is 0 Å². The summed E-state index contributed by atoms with van der Waals surface area (Å²) in [7, 11) is 1.80. The number of carbonyl (C=O) groups is 1. The fraction of sp³-hybridized carbons (Fsp3) is 0.600. The van der Waals surface area contributed by atoms with Gasteiger partial charge in [-0.2, -0.15) is 0 Å². The quantitative estimate of drug-likeness (QED) is 0.779. The molecular formula is C10H15N5O2. The van der Waals surface area contributed by atoms with Crippen LogP contribution in [0.2, 0.25) is 0 Å². The normalized spacial score (nSPS) is 16.9. The summed E-state index contributed by atoms with van der Waals surface area (Å²) in [6.45, 7) is 2.17. The molecule has 1 aromatic rings. The summed E-state index contributed by atoms with van der Waals surface area (Å²) in [5.41, 5.74) is 1.06. The van der Waals surface area contributed by atoms with Crippen LogP contribution < -0.4 is 0 Å². The number of carboxylic acid groups (broad SMARTS) is 1. The molecule has 0 atom stereocenters. The molecule has 0 aromatic carbocycles. The lowest BCUT2D eigenvalue weighted by atomic mass is 10.1. The third-order valence-electron chi connectivity index (χ3n) is 2.78. The van der Waals surface area contributed by atoms with Crippen molar-refractivity contribution >= 4 is 11.5 Å². The van der Waals surface area contributed by atoms with E-state index in [2.05, 4.69) is 26.5 Å². The van der Waals surface area contributed by atoms with Gasteiger partial charge in [0.2, 0.25) is 0 Å². The standard InChI is InChI=1S/C10H15N5O2/c1-14-10(11-12-13-14)8-3-2-5-15(7-8)6-4-9(16)17/h3H,2,4-7H2,1H3,(H,16,17). The summed E-state index contributed by atoms with van der Waals surface area (Å²) in [6, 6.07) is 0.